The normalized spacial score (nSPS) is 14.8. The lowest BCUT2D eigenvalue weighted by molar-refractivity contribution is 0.641. The van der Waals surface area contributed by atoms with Crippen LogP contribution in [0.1, 0.15) is 35.6 Å². The molecule has 19 heavy (non-hydrogen) atoms. The molecule has 0 unspecified atom stereocenters. The molecular formula is C15H18BrN3. The van der Waals surface area contributed by atoms with Crippen LogP contribution in [0.25, 0.3) is 0 Å². The van der Waals surface area contributed by atoms with Crippen molar-refractivity contribution in [1.29, 1.82) is 0 Å². The maximum absolute atomic E-state index is 4.58. The van der Waals surface area contributed by atoms with Gasteiger partial charge in [-0.15, -0.1) is 0 Å². The molecule has 0 atom stereocenters. The molecule has 0 bridgehead atoms. The van der Waals surface area contributed by atoms with E-state index in [1.807, 2.05) is 13.2 Å². The first kappa shape index (κ1) is 12.9. The molecule has 1 aromatic carbocycles. The lowest BCUT2D eigenvalue weighted by Crippen LogP contribution is -2.10. The van der Waals surface area contributed by atoms with E-state index in [4.69, 9.17) is 0 Å². The Kier molecular flexibility index (Phi) is 3.71. The fraction of sp³-hybridized carbons (Fsp3) is 0.400. The van der Waals surface area contributed by atoms with Gasteiger partial charge in [0.15, 0.2) is 0 Å². The number of nitrogens with zero attached hydrogens (tertiary/aromatic N) is 2. The third-order valence-electron chi connectivity index (χ3n) is 3.54. The molecule has 1 aliphatic rings. The SMILES string of the molecule is CNCc1cnn(Cc2ccc(Br)cc2)c1C1CC1. The van der Waals surface area contributed by atoms with Crippen LogP contribution in [0.15, 0.2) is 34.9 Å². The minimum atomic E-state index is 0.723. The van der Waals surface area contributed by atoms with Crippen LogP contribution >= 0.6 is 15.9 Å². The van der Waals surface area contributed by atoms with E-state index in [1.54, 1.807) is 0 Å². The van der Waals surface area contributed by atoms with Crippen molar-refractivity contribution in [3.8, 4) is 0 Å². The molecule has 1 aliphatic carbocycles. The summed E-state index contributed by atoms with van der Waals surface area (Å²) in [7, 11) is 1.99. The van der Waals surface area contributed by atoms with E-state index in [9.17, 15) is 0 Å². The van der Waals surface area contributed by atoms with Gasteiger partial charge in [-0.25, -0.2) is 0 Å². The number of hydrogen-bond donors (Lipinski definition) is 1. The van der Waals surface area contributed by atoms with Crippen LogP contribution in [-0.2, 0) is 13.1 Å². The molecule has 1 heterocycles. The zero-order valence-corrected chi connectivity index (χ0v) is 12.7. The molecule has 0 saturated heterocycles. The Morgan fingerprint density at radius 1 is 1.32 bits per heavy atom. The van der Waals surface area contributed by atoms with Crippen LogP contribution in [0.2, 0.25) is 0 Å². The lowest BCUT2D eigenvalue weighted by atomic mass is 10.1. The van der Waals surface area contributed by atoms with E-state index in [0.717, 1.165) is 23.5 Å². The van der Waals surface area contributed by atoms with Crippen LogP contribution in [0, 0.1) is 0 Å². The topological polar surface area (TPSA) is 29.9 Å². The highest BCUT2D eigenvalue weighted by Gasteiger charge is 2.29. The molecule has 1 aromatic heterocycles. The van der Waals surface area contributed by atoms with Crippen molar-refractivity contribution in [2.45, 2.75) is 31.8 Å². The number of aromatic nitrogens is 2. The van der Waals surface area contributed by atoms with Crippen molar-refractivity contribution in [2.24, 2.45) is 0 Å². The molecule has 1 fully saturated rings. The zero-order valence-electron chi connectivity index (χ0n) is 11.1. The Bertz CT molecular complexity index is 555. The Morgan fingerprint density at radius 2 is 2.05 bits per heavy atom. The Hall–Kier alpha value is -1.13. The van der Waals surface area contributed by atoms with Gasteiger partial charge in [-0.05, 0) is 37.6 Å². The fourth-order valence-electron chi connectivity index (χ4n) is 2.48. The molecule has 1 N–H and O–H groups in total. The second-order valence-electron chi connectivity index (χ2n) is 5.14. The van der Waals surface area contributed by atoms with Crippen LogP contribution in [0.5, 0.6) is 0 Å². The summed E-state index contributed by atoms with van der Waals surface area (Å²) >= 11 is 3.47. The number of rotatable bonds is 5. The first-order chi connectivity index (χ1) is 9.28. The minimum absolute atomic E-state index is 0.723. The minimum Gasteiger partial charge on any atom is -0.316 e. The molecule has 100 valence electrons. The molecule has 1 saturated carbocycles. The number of halogens is 1. The average molecular weight is 320 g/mol. The highest BCUT2D eigenvalue weighted by atomic mass is 79.9. The van der Waals surface area contributed by atoms with Crippen molar-refractivity contribution in [3.05, 3.63) is 51.8 Å². The lowest BCUT2D eigenvalue weighted by Gasteiger charge is -2.09. The van der Waals surface area contributed by atoms with Crippen molar-refractivity contribution in [1.82, 2.24) is 15.1 Å². The summed E-state index contributed by atoms with van der Waals surface area (Å²) in [5.41, 5.74) is 4.07. The van der Waals surface area contributed by atoms with E-state index in [-0.39, 0.29) is 0 Å². The third kappa shape index (κ3) is 2.90. The average Bonchev–Trinajstić information content (AvgIpc) is 3.17. The molecule has 0 amide bonds. The summed E-state index contributed by atoms with van der Waals surface area (Å²) in [6, 6.07) is 8.48. The summed E-state index contributed by atoms with van der Waals surface area (Å²) in [5.74, 6) is 0.723. The molecule has 0 aliphatic heterocycles. The second kappa shape index (κ2) is 5.47. The predicted molar refractivity (Wildman–Crippen MR) is 80.2 cm³/mol. The van der Waals surface area contributed by atoms with E-state index >= 15 is 0 Å². The third-order valence-corrected chi connectivity index (χ3v) is 4.07. The van der Waals surface area contributed by atoms with E-state index in [0.29, 0.717) is 0 Å². The second-order valence-corrected chi connectivity index (χ2v) is 6.06. The van der Waals surface area contributed by atoms with Crippen LogP contribution in [0.3, 0.4) is 0 Å². The molecule has 0 radical (unpaired) electrons. The highest BCUT2D eigenvalue weighted by Crippen LogP contribution is 2.41. The Labute approximate surface area is 122 Å². The summed E-state index contributed by atoms with van der Waals surface area (Å²) in [4.78, 5) is 0. The maximum atomic E-state index is 4.58. The molecule has 3 nitrogen and oxygen atoms in total. The maximum Gasteiger partial charge on any atom is 0.0662 e. The van der Waals surface area contributed by atoms with Crippen LogP contribution < -0.4 is 5.32 Å². The smallest absolute Gasteiger partial charge is 0.0662 e. The van der Waals surface area contributed by atoms with Gasteiger partial charge in [-0.3, -0.25) is 4.68 Å². The number of benzene rings is 1. The molecule has 3 rings (SSSR count). The quantitative estimate of drug-likeness (QED) is 0.916. The monoisotopic (exact) mass is 319 g/mol. The van der Waals surface area contributed by atoms with Crippen LogP contribution in [0.4, 0.5) is 0 Å². The largest absolute Gasteiger partial charge is 0.316 e. The standard InChI is InChI=1S/C15H18BrN3/c1-17-8-13-9-18-19(15(13)12-4-5-12)10-11-2-6-14(16)7-3-11/h2-3,6-7,9,12,17H,4-5,8,10H2,1H3. The highest BCUT2D eigenvalue weighted by molar-refractivity contribution is 9.10. The van der Waals surface area contributed by atoms with Gasteiger partial charge in [0.05, 0.1) is 12.7 Å². The van der Waals surface area contributed by atoms with E-state index in [2.05, 4.69) is 55.3 Å². The summed E-state index contributed by atoms with van der Waals surface area (Å²) in [6.07, 6.45) is 4.63. The summed E-state index contributed by atoms with van der Waals surface area (Å²) in [5, 5.41) is 7.81. The van der Waals surface area contributed by atoms with Gasteiger partial charge in [-0.1, -0.05) is 28.1 Å². The Morgan fingerprint density at radius 3 is 2.68 bits per heavy atom. The van der Waals surface area contributed by atoms with Gasteiger partial charge in [0.25, 0.3) is 0 Å². The van der Waals surface area contributed by atoms with Crippen molar-refractivity contribution in [2.75, 3.05) is 7.05 Å². The predicted octanol–water partition coefficient (Wildman–Crippen LogP) is 3.29. The van der Waals surface area contributed by atoms with Gasteiger partial charge in [0.1, 0.15) is 0 Å². The summed E-state index contributed by atoms with van der Waals surface area (Å²) in [6.45, 7) is 1.77. The first-order valence-electron chi connectivity index (χ1n) is 6.71. The molecular weight excluding hydrogens is 302 g/mol. The van der Waals surface area contributed by atoms with Gasteiger partial charge >= 0.3 is 0 Å². The van der Waals surface area contributed by atoms with Crippen molar-refractivity contribution < 1.29 is 0 Å². The van der Waals surface area contributed by atoms with Gasteiger partial charge < -0.3 is 5.32 Å². The van der Waals surface area contributed by atoms with Crippen molar-refractivity contribution >= 4 is 15.9 Å². The number of hydrogen-bond acceptors (Lipinski definition) is 2. The molecule has 4 heteroatoms. The number of nitrogens with one attached hydrogen (secondary N) is 1. The first-order valence-corrected chi connectivity index (χ1v) is 7.51. The van der Waals surface area contributed by atoms with Gasteiger partial charge in [-0.2, -0.15) is 5.10 Å². The van der Waals surface area contributed by atoms with E-state index < -0.39 is 0 Å². The fourth-order valence-corrected chi connectivity index (χ4v) is 2.74. The van der Waals surface area contributed by atoms with Gasteiger partial charge in [0, 0.05) is 28.2 Å². The Balaban J connectivity index is 1.85. The van der Waals surface area contributed by atoms with Crippen molar-refractivity contribution in [3.63, 3.8) is 0 Å². The van der Waals surface area contributed by atoms with Gasteiger partial charge in [0.2, 0.25) is 0 Å². The van der Waals surface area contributed by atoms with E-state index in [1.165, 1.54) is 29.7 Å². The van der Waals surface area contributed by atoms with Crippen LogP contribution in [-0.4, -0.2) is 16.8 Å². The zero-order chi connectivity index (χ0) is 13.2. The summed E-state index contributed by atoms with van der Waals surface area (Å²) < 4.78 is 3.29. The molecule has 0 spiro atoms. The molecule has 2 aromatic rings.